The Morgan fingerprint density at radius 1 is 1.07 bits per heavy atom. The van der Waals surface area contributed by atoms with Crippen LogP contribution < -0.4 is 20.7 Å². The van der Waals surface area contributed by atoms with Crippen molar-refractivity contribution in [1.82, 2.24) is 20.1 Å². The van der Waals surface area contributed by atoms with E-state index in [2.05, 4.69) is 71.0 Å². The molecule has 2 fully saturated rings. The fourth-order valence-corrected chi connectivity index (χ4v) is 6.52. The van der Waals surface area contributed by atoms with Crippen LogP contribution in [0.1, 0.15) is 70.9 Å². The Labute approximate surface area is 252 Å². The third-order valence-corrected chi connectivity index (χ3v) is 9.28. The molecule has 1 aliphatic heterocycles. The van der Waals surface area contributed by atoms with Crippen molar-refractivity contribution in [2.45, 2.75) is 72.0 Å². The van der Waals surface area contributed by atoms with Crippen molar-refractivity contribution in [2.24, 2.45) is 0 Å². The highest BCUT2D eigenvalue weighted by molar-refractivity contribution is 5.97. The number of H-pyrrole nitrogens is 1. The van der Waals surface area contributed by atoms with Crippen molar-refractivity contribution in [3.63, 3.8) is 0 Å². The highest BCUT2D eigenvalue weighted by Gasteiger charge is 2.30. The normalized spacial score (nSPS) is 19.8. The van der Waals surface area contributed by atoms with E-state index in [9.17, 15) is 9.59 Å². The standard InChI is InChI=1S/C34H50N6O2/c1-8-40(29-13-11-28(12-14-29)37(5)6)32-22-27(10-9-15-39-18-16-38(7)17-19-39)21-30(26(32)4)33(41)35-23-31-24(2)20-25(3)36-34(31)42/h20-22,28-29H,8,11-19,23H2,1-7H3,(H,35,41)(H,36,42)/p+1. The Morgan fingerprint density at radius 2 is 1.76 bits per heavy atom. The van der Waals surface area contributed by atoms with Gasteiger partial charge in [0.25, 0.3) is 11.5 Å². The Balaban J connectivity index is 1.62. The molecule has 0 bridgehead atoms. The lowest BCUT2D eigenvalue weighted by Crippen LogP contribution is -3.10. The smallest absolute Gasteiger partial charge is 0.253 e. The van der Waals surface area contributed by atoms with Crippen molar-refractivity contribution in [3.05, 3.63) is 62.1 Å². The second-order valence-electron chi connectivity index (χ2n) is 12.5. The zero-order valence-electron chi connectivity index (χ0n) is 26.8. The molecular weight excluding hydrogens is 524 g/mol. The van der Waals surface area contributed by atoms with Gasteiger partial charge in [-0.25, -0.2) is 0 Å². The number of nitrogens with one attached hydrogen (secondary N) is 3. The van der Waals surface area contributed by atoms with Gasteiger partial charge in [0.15, 0.2) is 0 Å². The molecule has 0 unspecified atom stereocenters. The van der Waals surface area contributed by atoms with Crippen LogP contribution in [0.4, 0.5) is 5.69 Å². The average molecular weight is 576 g/mol. The highest BCUT2D eigenvalue weighted by Crippen LogP contribution is 2.32. The summed E-state index contributed by atoms with van der Waals surface area (Å²) in [6, 6.07) is 7.21. The minimum Gasteiger partial charge on any atom is -0.369 e. The topological polar surface area (TPSA) is 76.1 Å². The molecule has 8 heteroatoms. The van der Waals surface area contributed by atoms with E-state index in [4.69, 9.17) is 0 Å². The van der Waals surface area contributed by atoms with Crippen molar-refractivity contribution >= 4 is 11.6 Å². The van der Waals surface area contributed by atoms with Crippen LogP contribution in [0, 0.1) is 32.6 Å². The first kappa shape index (κ1) is 31.8. The molecule has 1 amide bonds. The van der Waals surface area contributed by atoms with Gasteiger partial charge in [-0.05, 0) is 76.9 Å². The van der Waals surface area contributed by atoms with E-state index < -0.39 is 0 Å². The van der Waals surface area contributed by atoms with Crippen LogP contribution in [0.2, 0.25) is 0 Å². The van der Waals surface area contributed by atoms with Gasteiger partial charge in [0, 0.05) is 86.2 Å². The summed E-state index contributed by atoms with van der Waals surface area (Å²) >= 11 is 0. The van der Waals surface area contributed by atoms with Gasteiger partial charge in [-0.3, -0.25) is 14.5 Å². The number of likely N-dealkylation sites (N-methyl/N-ethyl adjacent to an activating group) is 1. The van der Waals surface area contributed by atoms with Gasteiger partial charge in [0.2, 0.25) is 0 Å². The maximum atomic E-state index is 13.7. The van der Waals surface area contributed by atoms with E-state index in [1.807, 2.05) is 32.9 Å². The molecule has 0 spiro atoms. The van der Waals surface area contributed by atoms with Gasteiger partial charge in [0.1, 0.15) is 0 Å². The molecule has 1 aromatic carbocycles. The van der Waals surface area contributed by atoms with Crippen LogP contribution in [0.25, 0.3) is 0 Å². The number of piperazine rings is 1. The quantitative estimate of drug-likeness (QED) is 0.421. The molecule has 42 heavy (non-hydrogen) atoms. The van der Waals surface area contributed by atoms with Crippen molar-refractivity contribution in [2.75, 3.05) is 65.3 Å². The summed E-state index contributed by atoms with van der Waals surface area (Å²) in [5.41, 5.74) is 5.69. The zero-order chi connectivity index (χ0) is 30.4. The first-order chi connectivity index (χ1) is 20.1. The predicted molar refractivity (Wildman–Crippen MR) is 172 cm³/mol. The number of aryl methyl sites for hydroxylation is 2. The molecule has 4 rings (SSSR count). The predicted octanol–water partition coefficient (Wildman–Crippen LogP) is 2.11. The summed E-state index contributed by atoms with van der Waals surface area (Å²) in [7, 11) is 6.68. The number of benzene rings is 1. The van der Waals surface area contributed by atoms with E-state index >= 15 is 0 Å². The van der Waals surface area contributed by atoms with Crippen molar-refractivity contribution < 1.29 is 9.69 Å². The van der Waals surface area contributed by atoms with Crippen LogP contribution in [0.3, 0.4) is 0 Å². The Kier molecular flexibility index (Phi) is 10.9. The third kappa shape index (κ3) is 7.83. The molecule has 0 atom stereocenters. The third-order valence-electron chi connectivity index (χ3n) is 9.28. The number of hydrogen-bond acceptors (Lipinski definition) is 5. The van der Waals surface area contributed by atoms with E-state index in [1.54, 1.807) is 0 Å². The number of aromatic amines is 1. The van der Waals surface area contributed by atoms with Gasteiger partial charge in [-0.2, -0.15) is 0 Å². The number of amides is 1. The van der Waals surface area contributed by atoms with Crippen molar-refractivity contribution in [1.29, 1.82) is 0 Å². The van der Waals surface area contributed by atoms with Gasteiger partial charge in [-0.1, -0.05) is 11.8 Å². The monoisotopic (exact) mass is 575 g/mol. The second-order valence-corrected chi connectivity index (χ2v) is 12.5. The molecule has 2 aliphatic rings. The molecule has 1 aliphatic carbocycles. The fourth-order valence-electron chi connectivity index (χ4n) is 6.52. The van der Waals surface area contributed by atoms with E-state index in [-0.39, 0.29) is 18.0 Å². The summed E-state index contributed by atoms with van der Waals surface area (Å²) in [5, 5.41) is 3.04. The first-order valence-electron chi connectivity index (χ1n) is 15.7. The van der Waals surface area contributed by atoms with Gasteiger partial charge < -0.3 is 25.0 Å². The Morgan fingerprint density at radius 3 is 2.38 bits per heavy atom. The van der Waals surface area contributed by atoms with Crippen LogP contribution in [0.15, 0.2) is 23.0 Å². The fraction of sp³-hybridized carbons (Fsp3) is 0.588. The van der Waals surface area contributed by atoms with Gasteiger partial charge in [-0.15, -0.1) is 0 Å². The molecule has 2 aromatic rings. The average Bonchev–Trinajstić information content (AvgIpc) is 2.95. The second kappa shape index (κ2) is 14.4. The van der Waals surface area contributed by atoms with E-state index in [0.29, 0.717) is 23.2 Å². The Hall–Kier alpha value is -3.12. The largest absolute Gasteiger partial charge is 0.369 e. The SMILES string of the molecule is CCN(c1cc(C#CCN2CCN(C)CC2)cc(C(=O)NCc2c(C)cc(C)[nH]c2=O)c1C)C1CCC([NH+](C)C)CC1. The summed E-state index contributed by atoms with van der Waals surface area (Å²) in [6.45, 7) is 14.0. The first-order valence-corrected chi connectivity index (χ1v) is 15.7. The molecule has 228 valence electrons. The number of carbonyl (C=O) groups excluding carboxylic acids is 1. The van der Waals surface area contributed by atoms with Crippen molar-refractivity contribution in [3.8, 4) is 11.8 Å². The molecule has 3 N–H and O–H groups in total. The molecule has 1 aromatic heterocycles. The minimum atomic E-state index is -0.174. The zero-order valence-corrected chi connectivity index (χ0v) is 26.8. The number of nitrogens with zero attached hydrogens (tertiary/aromatic N) is 3. The summed E-state index contributed by atoms with van der Waals surface area (Å²) < 4.78 is 0. The lowest BCUT2D eigenvalue weighted by molar-refractivity contribution is -0.887. The molecule has 1 saturated heterocycles. The summed E-state index contributed by atoms with van der Waals surface area (Å²) in [6.07, 6.45) is 4.73. The molecule has 8 nitrogen and oxygen atoms in total. The number of anilines is 1. The highest BCUT2D eigenvalue weighted by atomic mass is 16.1. The number of hydrogen-bond donors (Lipinski definition) is 3. The number of quaternary nitrogens is 1. The molecule has 1 saturated carbocycles. The summed E-state index contributed by atoms with van der Waals surface area (Å²) in [4.78, 5) is 37.9. The lowest BCUT2D eigenvalue weighted by atomic mass is 9.88. The molecular formula is C34H51N6O2+. The van der Waals surface area contributed by atoms with Crippen LogP contribution in [-0.4, -0.2) is 93.2 Å². The van der Waals surface area contributed by atoms with Gasteiger partial charge in [0.05, 0.1) is 26.7 Å². The maximum Gasteiger partial charge on any atom is 0.253 e. The Bertz CT molecular complexity index is 1350. The van der Waals surface area contributed by atoms with Crippen LogP contribution >= 0.6 is 0 Å². The molecule has 2 heterocycles. The lowest BCUT2D eigenvalue weighted by Gasteiger charge is -2.39. The van der Waals surface area contributed by atoms with Crippen LogP contribution in [-0.2, 0) is 6.54 Å². The van der Waals surface area contributed by atoms with E-state index in [1.165, 1.54) is 17.7 Å². The minimum absolute atomic E-state index is 0.152. The number of rotatable bonds is 8. The number of pyridine rings is 1. The van der Waals surface area contributed by atoms with E-state index in [0.717, 1.165) is 80.2 Å². The molecule has 0 radical (unpaired) electrons. The number of carbonyl (C=O) groups is 1. The van der Waals surface area contributed by atoms with Gasteiger partial charge >= 0.3 is 0 Å². The number of aromatic nitrogens is 1. The summed E-state index contributed by atoms with van der Waals surface area (Å²) in [5.74, 6) is 6.61. The maximum absolute atomic E-state index is 13.7. The van der Waals surface area contributed by atoms with Crippen LogP contribution in [0.5, 0.6) is 0 Å².